The molecule has 7 aromatic rings. The van der Waals surface area contributed by atoms with Crippen LogP contribution in [0.1, 0.15) is 83.8 Å². The molecule has 3 aliphatic rings. The van der Waals surface area contributed by atoms with Crippen LogP contribution in [-0.4, -0.2) is 0 Å². The standard InChI is InChI=1S/C50H42O/c1-4-12-33(13-5-1)37-20-21-39-29-40(23-22-38(39)28-37)42-30-41(34-14-6-2-7-15-34)31-43(32-42)46-26-25-45(35-16-8-3-9-17-35)49-48-44-19-11-10-18-36(44)24-27-47(48)51-50(46)49/h1-10,12-18,20-29,36,41-44H,11,19,30-32H2. The lowest BCUT2D eigenvalue weighted by molar-refractivity contribution is 0.351. The van der Waals surface area contributed by atoms with Gasteiger partial charge in [0.2, 0.25) is 0 Å². The van der Waals surface area contributed by atoms with E-state index in [0.29, 0.717) is 29.6 Å². The molecule has 5 atom stereocenters. The lowest BCUT2D eigenvalue weighted by Gasteiger charge is -2.36. The average molecular weight is 659 g/mol. The van der Waals surface area contributed by atoms with Crippen LogP contribution in [0.3, 0.4) is 0 Å². The van der Waals surface area contributed by atoms with Gasteiger partial charge >= 0.3 is 0 Å². The first kappa shape index (κ1) is 30.4. The van der Waals surface area contributed by atoms with Gasteiger partial charge in [-0.1, -0.05) is 152 Å². The van der Waals surface area contributed by atoms with E-state index >= 15 is 0 Å². The molecule has 51 heavy (non-hydrogen) atoms. The molecule has 248 valence electrons. The fourth-order valence-corrected chi connectivity index (χ4v) is 9.70. The van der Waals surface area contributed by atoms with Crippen molar-refractivity contribution < 1.29 is 4.42 Å². The Morgan fingerprint density at radius 2 is 1.22 bits per heavy atom. The molecule has 0 spiro atoms. The second-order valence-electron chi connectivity index (χ2n) is 15.1. The van der Waals surface area contributed by atoms with E-state index in [2.05, 4.69) is 164 Å². The molecule has 0 saturated heterocycles. The molecule has 0 aliphatic heterocycles. The van der Waals surface area contributed by atoms with Gasteiger partial charge in [0, 0.05) is 16.9 Å². The van der Waals surface area contributed by atoms with E-state index < -0.39 is 0 Å². The van der Waals surface area contributed by atoms with Gasteiger partial charge in [-0.3, -0.25) is 0 Å². The van der Waals surface area contributed by atoms with Gasteiger partial charge in [0.25, 0.3) is 0 Å². The van der Waals surface area contributed by atoms with Gasteiger partial charge in [-0.25, -0.2) is 0 Å². The Kier molecular flexibility index (Phi) is 7.60. The van der Waals surface area contributed by atoms with Gasteiger partial charge in [0.1, 0.15) is 11.3 Å². The number of hydrogen-bond acceptors (Lipinski definition) is 1. The minimum atomic E-state index is 0.385. The molecule has 1 saturated carbocycles. The van der Waals surface area contributed by atoms with Crippen LogP contribution in [-0.2, 0) is 0 Å². The molecule has 1 heteroatoms. The highest BCUT2D eigenvalue weighted by Crippen LogP contribution is 2.53. The summed E-state index contributed by atoms with van der Waals surface area (Å²) >= 11 is 0. The predicted octanol–water partition coefficient (Wildman–Crippen LogP) is 13.8. The van der Waals surface area contributed by atoms with Gasteiger partial charge in [-0.2, -0.15) is 0 Å². The van der Waals surface area contributed by atoms with Crippen LogP contribution in [0.5, 0.6) is 0 Å². The van der Waals surface area contributed by atoms with E-state index in [9.17, 15) is 0 Å². The molecule has 1 heterocycles. The molecule has 1 aromatic heterocycles. The summed E-state index contributed by atoms with van der Waals surface area (Å²) in [5.74, 6) is 3.29. The molecular weight excluding hydrogens is 617 g/mol. The second-order valence-corrected chi connectivity index (χ2v) is 15.1. The van der Waals surface area contributed by atoms with Crippen LogP contribution in [0.4, 0.5) is 0 Å². The zero-order chi connectivity index (χ0) is 33.7. The molecule has 0 bridgehead atoms. The zero-order valence-electron chi connectivity index (χ0n) is 28.9. The first-order chi connectivity index (χ1) is 25.3. The highest BCUT2D eigenvalue weighted by molar-refractivity contribution is 6.01. The Morgan fingerprint density at radius 1 is 0.529 bits per heavy atom. The number of fused-ring (bicyclic) bond motifs is 6. The van der Waals surface area contributed by atoms with E-state index in [0.717, 1.165) is 37.0 Å². The highest BCUT2D eigenvalue weighted by Gasteiger charge is 2.36. The fraction of sp³-hybridized carbons (Fsp3) is 0.200. The molecule has 0 radical (unpaired) electrons. The summed E-state index contributed by atoms with van der Waals surface area (Å²) in [5, 5.41) is 3.97. The van der Waals surface area contributed by atoms with Crippen molar-refractivity contribution in [3.8, 4) is 22.3 Å². The lowest BCUT2D eigenvalue weighted by atomic mass is 9.68. The molecular formula is C50H42O. The Hall–Kier alpha value is -5.40. The van der Waals surface area contributed by atoms with Gasteiger partial charge in [0.05, 0.1) is 0 Å². The number of furan rings is 1. The third kappa shape index (κ3) is 5.47. The van der Waals surface area contributed by atoms with Crippen LogP contribution in [0, 0.1) is 5.92 Å². The maximum Gasteiger partial charge on any atom is 0.139 e. The SMILES string of the molecule is C1=CC2C=Cc3oc4c(C5CC(c6ccccc6)CC(c6ccc7cc(-c8ccccc8)ccc7c6)C5)ccc(-c5ccccc5)c4c3C2CC1. The lowest BCUT2D eigenvalue weighted by Crippen LogP contribution is -2.20. The number of benzene rings is 6. The zero-order valence-corrected chi connectivity index (χ0v) is 28.9. The van der Waals surface area contributed by atoms with Crippen molar-refractivity contribution in [2.75, 3.05) is 0 Å². The van der Waals surface area contributed by atoms with E-state index in [1.807, 2.05) is 0 Å². The molecule has 6 aromatic carbocycles. The van der Waals surface area contributed by atoms with Crippen molar-refractivity contribution >= 4 is 27.8 Å². The van der Waals surface area contributed by atoms with Gasteiger partial charge in [0.15, 0.2) is 0 Å². The molecule has 0 N–H and O–H groups in total. The first-order valence-electron chi connectivity index (χ1n) is 18.9. The summed E-state index contributed by atoms with van der Waals surface area (Å²) in [6.07, 6.45) is 15.1. The maximum absolute atomic E-state index is 7.06. The minimum absolute atomic E-state index is 0.385. The van der Waals surface area contributed by atoms with Crippen molar-refractivity contribution in [2.24, 2.45) is 5.92 Å². The van der Waals surface area contributed by atoms with Gasteiger partial charge < -0.3 is 4.42 Å². The summed E-state index contributed by atoms with van der Waals surface area (Å²) < 4.78 is 7.06. The third-order valence-electron chi connectivity index (χ3n) is 12.2. The quantitative estimate of drug-likeness (QED) is 0.168. The molecule has 1 fully saturated rings. The Labute approximate surface area is 301 Å². The normalized spacial score (nSPS) is 22.5. The summed E-state index contributed by atoms with van der Waals surface area (Å²) in [5.41, 5.74) is 11.9. The average Bonchev–Trinajstić information content (AvgIpc) is 3.61. The van der Waals surface area contributed by atoms with E-state index in [-0.39, 0.29) is 0 Å². The smallest absolute Gasteiger partial charge is 0.139 e. The Bertz CT molecular complexity index is 2410. The van der Waals surface area contributed by atoms with E-state index in [1.165, 1.54) is 67.1 Å². The molecule has 3 aliphatic carbocycles. The van der Waals surface area contributed by atoms with Gasteiger partial charge in [-0.15, -0.1) is 0 Å². The summed E-state index contributed by atoms with van der Waals surface area (Å²) in [6, 6.07) is 51.9. The summed E-state index contributed by atoms with van der Waals surface area (Å²) in [6.45, 7) is 0. The number of rotatable bonds is 5. The molecule has 10 rings (SSSR count). The summed E-state index contributed by atoms with van der Waals surface area (Å²) in [7, 11) is 0. The largest absolute Gasteiger partial charge is 0.456 e. The number of hydrogen-bond donors (Lipinski definition) is 0. The Morgan fingerprint density at radius 3 is 2.02 bits per heavy atom. The Balaban J connectivity index is 1.08. The van der Waals surface area contributed by atoms with Crippen LogP contribution in [0.15, 0.2) is 162 Å². The summed E-state index contributed by atoms with van der Waals surface area (Å²) in [4.78, 5) is 0. The van der Waals surface area contributed by atoms with Gasteiger partial charge in [-0.05, 0) is 118 Å². The molecule has 5 unspecified atom stereocenters. The predicted molar refractivity (Wildman–Crippen MR) is 213 cm³/mol. The minimum Gasteiger partial charge on any atom is -0.456 e. The number of allylic oxidation sites excluding steroid dienone is 3. The van der Waals surface area contributed by atoms with Crippen molar-refractivity contribution in [3.05, 3.63) is 186 Å². The maximum atomic E-state index is 7.06. The monoisotopic (exact) mass is 658 g/mol. The fourth-order valence-electron chi connectivity index (χ4n) is 9.70. The van der Waals surface area contributed by atoms with Crippen molar-refractivity contribution in [2.45, 2.75) is 55.8 Å². The van der Waals surface area contributed by atoms with Crippen molar-refractivity contribution in [3.63, 3.8) is 0 Å². The molecule has 1 nitrogen and oxygen atoms in total. The first-order valence-corrected chi connectivity index (χ1v) is 18.9. The second kappa shape index (κ2) is 12.7. The van der Waals surface area contributed by atoms with Crippen LogP contribution >= 0.6 is 0 Å². The molecule has 0 amide bonds. The van der Waals surface area contributed by atoms with Crippen LogP contribution in [0.2, 0.25) is 0 Å². The van der Waals surface area contributed by atoms with E-state index in [1.54, 1.807) is 0 Å². The topological polar surface area (TPSA) is 13.1 Å². The van der Waals surface area contributed by atoms with E-state index in [4.69, 9.17) is 4.42 Å². The third-order valence-corrected chi connectivity index (χ3v) is 12.2. The van der Waals surface area contributed by atoms with Crippen LogP contribution in [0.25, 0.3) is 50.1 Å². The van der Waals surface area contributed by atoms with Crippen molar-refractivity contribution in [1.82, 2.24) is 0 Å². The highest BCUT2D eigenvalue weighted by atomic mass is 16.3. The van der Waals surface area contributed by atoms with Crippen molar-refractivity contribution in [1.29, 1.82) is 0 Å². The van der Waals surface area contributed by atoms with Crippen LogP contribution < -0.4 is 0 Å².